The summed E-state index contributed by atoms with van der Waals surface area (Å²) in [5.41, 5.74) is 0. The molecule has 0 aliphatic heterocycles. The van der Waals surface area contributed by atoms with Crippen LogP contribution in [0.2, 0.25) is 0 Å². The third-order valence-electron chi connectivity index (χ3n) is 1.21. The van der Waals surface area contributed by atoms with E-state index in [1.165, 1.54) is 0 Å². The van der Waals surface area contributed by atoms with Crippen molar-refractivity contribution in [2.45, 2.75) is 46.3 Å². The van der Waals surface area contributed by atoms with Crippen LogP contribution in [0.1, 0.15) is 34.1 Å². The molecule has 0 bridgehead atoms. The van der Waals surface area contributed by atoms with E-state index in [2.05, 4.69) is 6.92 Å². The zero-order chi connectivity index (χ0) is 8.69. The molecular formula is C9H20O2. The Morgan fingerprint density at radius 3 is 2.27 bits per heavy atom. The largest absolute Gasteiger partial charge is 0.379 e. The van der Waals surface area contributed by atoms with Gasteiger partial charge in [-0.05, 0) is 27.2 Å². The number of rotatable bonds is 6. The topological polar surface area (TPSA) is 18.5 Å². The first-order chi connectivity index (χ1) is 5.16. The summed E-state index contributed by atoms with van der Waals surface area (Å²) in [4.78, 5) is 0. The molecule has 2 nitrogen and oxygen atoms in total. The van der Waals surface area contributed by atoms with E-state index in [1.807, 2.05) is 20.8 Å². The summed E-state index contributed by atoms with van der Waals surface area (Å²) >= 11 is 0. The maximum atomic E-state index is 5.47. The summed E-state index contributed by atoms with van der Waals surface area (Å²) in [7, 11) is 0. The van der Waals surface area contributed by atoms with E-state index in [-0.39, 0.29) is 6.10 Å². The maximum Gasteiger partial charge on any atom is 0.0783 e. The summed E-state index contributed by atoms with van der Waals surface area (Å²) in [6.45, 7) is 9.77. The minimum absolute atomic E-state index is 0.224. The van der Waals surface area contributed by atoms with Gasteiger partial charge in [-0.2, -0.15) is 0 Å². The zero-order valence-corrected chi connectivity index (χ0v) is 8.09. The Bertz CT molecular complexity index is 81.6. The van der Waals surface area contributed by atoms with Gasteiger partial charge in [0.2, 0.25) is 0 Å². The molecule has 0 fully saturated rings. The first kappa shape index (κ1) is 10.9. The molecule has 0 saturated carbocycles. The molecule has 0 aliphatic carbocycles. The fourth-order valence-corrected chi connectivity index (χ4v) is 0.898. The van der Waals surface area contributed by atoms with Crippen molar-refractivity contribution in [3.63, 3.8) is 0 Å². The van der Waals surface area contributed by atoms with E-state index in [0.717, 1.165) is 13.0 Å². The van der Waals surface area contributed by atoms with Crippen LogP contribution in [0, 0.1) is 0 Å². The van der Waals surface area contributed by atoms with Crippen LogP contribution in [0.15, 0.2) is 0 Å². The molecule has 0 heterocycles. The standard InChI is InChI=1S/C9H20O2/c1-5-6-10-7-9(4)11-8(2)3/h8-9H,5-7H2,1-4H3. The van der Waals surface area contributed by atoms with Crippen molar-refractivity contribution in [3.05, 3.63) is 0 Å². The lowest BCUT2D eigenvalue weighted by Gasteiger charge is -2.15. The molecule has 0 spiro atoms. The molecule has 0 saturated heterocycles. The molecule has 0 amide bonds. The molecule has 0 aromatic rings. The fraction of sp³-hybridized carbons (Fsp3) is 1.00. The van der Waals surface area contributed by atoms with Crippen molar-refractivity contribution < 1.29 is 9.47 Å². The summed E-state index contributed by atoms with van der Waals surface area (Å²) in [6, 6.07) is 0. The highest BCUT2D eigenvalue weighted by Crippen LogP contribution is 1.97. The second kappa shape index (κ2) is 6.62. The third-order valence-corrected chi connectivity index (χ3v) is 1.21. The lowest BCUT2D eigenvalue weighted by molar-refractivity contribution is -0.0346. The van der Waals surface area contributed by atoms with Crippen LogP contribution in [-0.2, 0) is 9.47 Å². The molecule has 68 valence electrons. The van der Waals surface area contributed by atoms with E-state index in [0.29, 0.717) is 12.7 Å². The van der Waals surface area contributed by atoms with Gasteiger partial charge in [0.1, 0.15) is 0 Å². The van der Waals surface area contributed by atoms with Crippen molar-refractivity contribution in [1.82, 2.24) is 0 Å². The van der Waals surface area contributed by atoms with Gasteiger partial charge < -0.3 is 9.47 Å². The molecule has 0 aromatic carbocycles. The first-order valence-corrected chi connectivity index (χ1v) is 4.40. The Balaban J connectivity index is 3.15. The van der Waals surface area contributed by atoms with Crippen LogP contribution in [0.4, 0.5) is 0 Å². The van der Waals surface area contributed by atoms with Crippen LogP contribution in [0.25, 0.3) is 0 Å². The molecule has 2 heteroatoms. The fourth-order valence-electron chi connectivity index (χ4n) is 0.898. The second-order valence-corrected chi connectivity index (χ2v) is 3.07. The van der Waals surface area contributed by atoms with Gasteiger partial charge in [-0.3, -0.25) is 0 Å². The highest BCUT2D eigenvalue weighted by molar-refractivity contribution is 4.49. The SMILES string of the molecule is CCCOCC(C)OC(C)C. The highest BCUT2D eigenvalue weighted by Gasteiger charge is 2.03. The first-order valence-electron chi connectivity index (χ1n) is 4.40. The van der Waals surface area contributed by atoms with E-state index >= 15 is 0 Å². The molecule has 0 aliphatic rings. The van der Waals surface area contributed by atoms with Crippen LogP contribution >= 0.6 is 0 Å². The normalized spacial score (nSPS) is 13.9. The van der Waals surface area contributed by atoms with Crippen LogP contribution in [0.5, 0.6) is 0 Å². The van der Waals surface area contributed by atoms with Crippen molar-refractivity contribution in [3.8, 4) is 0 Å². The summed E-state index contributed by atoms with van der Waals surface area (Å²) < 4.78 is 10.8. The molecular weight excluding hydrogens is 140 g/mol. The summed E-state index contributed by atoms with van der Waals surface area (Å²) in [5, 5.41) is 0. The molecule has 11 heavy (non-hydrogen) atoms. The van der Waals surface area contributed by atoms with Gasteiger partial charge in [-0.25, -0.2) is 0 Å². The smallest absolute Gasteiger partial charge is 0.0783 e. The van der Waals surface area contributed by atoms with Gasteiger partial charge in [0, 0.05) is 6.61 Å². The minimum atomic E-state index is 0.224. The predicted octanol–water partition coefficient (Wildman–Crippen LogP) is 2.23. The quantitative estimate of drug-likeness (QED) is 0.555. The van der Waals surface area contributed by atoms with E-state index in [1.54, 1.807) is 0 Å². The van der Waals surface area contributed by atoms with Gasteiger partial charge in [-0.15, -0.1) is 0 Å². The zero-order valence-electron chi connectivity index (χ0n) is 8.09. The van der Waals surface area contributed by atoms with Crippen molar-refractivity contribution in [2.24, 2.45) is 0 Å². The van der Waals surface area contributed by atoms with E-state index < -0.39 is 0 Å². The lowest BCUT2D eigenvalue weighted by Crippen LogP contribution is -2.20. The Hall–Kier alpha value is -0.0800. The van der Waals surface area contributed by atoms with Crippen molar-refractivity contribution >= 4 is 0 Å². The molecule has 1 unspecified atom stereocenters. The van der Waals surface area contributed by atoms with Gasteiger partial charge >= 0.3 is 0 Å². The summed E-state index contributed by atoms with van der Waals surface area (Å²) in [5.74, 6) is 0. The molecule has 0 aromatic heterocycles. The lowest BCUT2D eigenvalue weighted by atomic mass is 10.4. The van der Waals surface area contributed by atoms with Gasteiger partial charge in [0.25, 0.3) is 0 Å². The van der Waals surface area contributed by atoms with Gasteiger partial charge in [0.15, 0.2) is 0 Å². The van der Waals surface area contributed by atoms with Crippen LogP contribution in [-0.4, -0.2) is 25.4 Å². The molecule has 0 rings (SSSR count). The van der Waals surface area contributed by atoms with Gasteiger partial charge in [0.05, 0.1) is 18.8 Å². The number of ether oxygens (including phenoxy) is 2. The Morgan fingerprint density at radius 1 is 1.18 bits per heavy atom. The summed E-state index contributed by atoms with van der Waals surface area (Å²) in [6.07, 6.45) is 1.60. The molecule has 0 radical (unpaired) electrons. The van der Waals surface area contributed by atoms with Crippen LogP contribution < -0.4 is 0 Å². The predicted molar refractivity (Wildman–Crippen MR) is 46.8 cm³/mol. The van der Waals surface area contributed by atoms with Crippen LogP contribution in [0.3, 0.4) is 0 Å². The van der Waals surface area contributed by atoms with E-state index in [9.17, 15) is 0 Å². The Labute approximate surface area is 69.9 Å². The number of hydrogen-bond donors (Lipinski definition) is 0. The maximum absolute atomic E-state index is 5.47. The average Bonchev–Trinajstić information content (AvgIpc) is 1.86. The monoisotopic (exact) mass is 160 g/mol. The van der Waals surface area contributed by atoms with Gasteiger partial charge in [-0.1, -0.05) is 6.92 Å². The molecule has 1 atom stereocenters. The average molecular weight is 160 g/mol. The minimum Gasteiger partial charge on any atom is -0.379 e. The van der Waals surface area contributed by atoms with Crippen molar-refractivity contribution in [1.29, 1.82) is 0 Å². The third kappa shape index (κ3) is 7.82. The Kier molecular flexibility index (Phi) is 6.57. The second-order valence-electron chi connectivity index (χ2n) is 3.07. The highest BCUT2D eigenvalue weighted by atomic mass is 16.5. The number of hydrogen-bond acceptors (Lipinski definition) is 2. The Morgan fingerprint density at radius 2 is 1.82 bits per heavy atom. The van der Waals surface area contributed by atoms with Crippen molar-refractivity contribution in [2.75, 3.05) is 13.2 Å². The van der Waals surface area contributed by atoms with E-state index in [4.69, 9.17) is 9.47 Å². The molecule has 0 N–H and O–H groups in total.